The van der Waals surface area contributed by atoms with Crippen LogP contribution in [0.1, 0.15) is 32.6 Å². The number of aromatic nitrogens is 2. The van der Waals surface area contributed by atoms with Gasteiger partial charge in [0, 0.05) is 18.6 Å². The summed E-state index contributed by atoms with van der Waals surface area (Å²) in [5, 5.41) is 4.25. The zero-order valence-corrected chi connectivity index (χ0v) is 8.68. The largest absolute Gasteiger partial charge is 0.243 e. The minimum absolute atomic E-state index is 0.129. The second-order valence-electron chi connectivity index (χ2n) is 4.40. The molecular weight excluding hydrogens is 176 g/mol. The maximum atomic E-state index is 4.25. The summed E-state index contributed by atoms with van der Waals surface area (Å²) in [6, 6.07) is 0. The van der Waals surface area contributed by atoms with E-state index < -0.39 is 0 Å². The molecule has 0 spiro atoms. The Morgan fingerprint density at radius 3 is 2.36 bits per heavy atom. The monoisotopic (exact) mass is 190 g/mol. The zero-order valence-electron chi connectivity index (χ0n) is 8.68. The molecule has 0 aromatic carbocycles. The lowest BCUT2D eigenvalue weighted by molar-refractivity contribution is 0.499. The van der Waals surface area contributed by atoms with Crippen LogP contribution in [0.4, 0.5) is 0 Å². The summed E-state index contributed by atoms with van der Waals surface area (Å²) in [5.74, 6) is 0. The SMILES string of the molecule is CC(C)(C)c1cnn(C2N=CC=N2)c1. The first kappa shape index (κ1) is 9.12. The van der Waals surface area contributed by atoms with Gasteiger partial charge in [-0.1, -0.05) is 20.8 Å². The highest BCUT2D eigenvalue weighted by atomic mass is 15.4. The van der Waals surface area contributed by atoms with Crippen molar-refractivity contribution in [3.8, 4) is 0 Å². The number of nitrogens with zero attached hydrogens (tertiary/aromatic N) is 4. The van der Waals surface area contributed by atoms with Gasteiger partial charge < -0.3 is 0 Å². The van der Waals surface area contributed by atoms with Crippen LogP contribution in [0.25, 0.3) is 0 Å². The summed E-state index contributed by atoms with van der Waals surface area (Å²) in [4.78, 5) is 8.31. The molecule has 1 aromatic heterocycles. The first-order chi connectivity index (χ1) is 6.57. The van der Waals surface area contributed by atoms with Crippen LogP contribution in [0.5, 0.6) is 0 Å². The minimum Gasteiger partial charge on any atom is -0.243 e. The Balaban J connectivity index is 2.26. The van der Waals surface area contributed by atoms with Crippen molar-refractivity contribution in [3.63, 3.8) is 0 Å². The van der Waals surface area contributed by atoms with Crippen LogP contribution in [0.3, 0.4) is 0 Å². The fraction of sp³-hybridized carbons (Fsp3) is 0.500. The lowest BCUT2D eigenvalue weighted by Gasteiger charge is -2.15. The van der Waals surface area contributed by atoms with Crippen molar-refractivity contribution in [2.24, 2.45) is 9.98 Å². The predicted octanol–water partition coefficient (Wildman–Crippen LogP) is 1.79. The normalized spacial score (nSPS) is 16.8. The van der Waals surface area contributed by atoms with Gasteiger partial charge in [-0.25, -0.2) is 14.7 Å². The zero-order chi connectivity index (χ0) is 10.2. The third kappa shape index (κ3) is 1.60. The molecule has 1 aliphatic rings. The van der Waals surface area contributed by atoms with Gasteiger partial charge >= 0.3 is 0 Å². The van der Waals surface area contributed by atoms with Crippen molar-refractivity contribution in [1.82, 2.24) is 9.78 Å². The highest BCUT2D eigenvalue weighted by Gasteiger charge is 2.18. The quantitative estimate of drug-likeness (QED) is 0.665. The molecule has 0 unspecified atom stereocenters. The van der Waals surface area contributed by atoms with E-state index in [1.54, 1.807) is 17.1 Å². The molecule has 1 aromatic rings. The number of aliphatic imine (C=N–C) groups is 2. The smallest absolute Gasteiger partial charge is 0.235 e. The summed E-state index contributed by atoms with van der Waals surface area (Å²) >= 11 is 0. The van der Waals surface area contributed by atoms with E-state index in [1.807, 2.05) is 12.4 Å². The third-order valence-corrected chi connectivity index (χ3v) is 2.21. The van der Waals surface area contributed by atoms with Gasteiger partial charge in [0.1, 0.15) is 0 Å². The van der Waals surface area contributed by atoms with E-state index in [1.165, 1.54) is 5.56 Å². The fourth-order valence-electron chi connectivity index (χ4n) is 1.26. The lowest BCUT2D eigenvalue weighted by Crippen LogP contribution is -2.10. The maximum Gasteiger partial charge on any atom is 0.235 e. The van der Waals surface area contributed by atoms with Crippen molar-refractivity contribution >= 4 is 12.4 Å². The Kier molecular flexibility index (Phi) is 1.98. The van der Waals surface area contributed by atoms with Crippen molar-refractivity contribution in [2.45, 2.75) is 32.5 Å². The number of hydrogen-bond acceptors (Lipinski definition) is 3. The summed E-state index contributed by atoms with van der Waals surface area (Å²) < 4.78 is 1.78. The Morgan fingerprint density at radius 2 is 1.86 bits per heavy atom. The van der Waals surface area contributed by atoms with Crippen LogP contribution >= 0.6 is 0 Å². The molecule has 0 aliphatic carbocycles. The molecule has 0 amide bonds. The summed E-state index contributed by atoms with van der Waals surface area (Å²) in [5.41, 5.74) is 1.33. The molecule has 0 atom stereocenters. The highest BCUT2D eigenvalue weighted by Crippen LogP contribution is 2.23. The molecule has 2 rings (SSSR count). The van der Waals surface area contributed by atoms with E-state index in [2.05, 4.69) is 35.9 Å². The summed E-state index contributed by atoms with van der Waals surface area (Å²) in [7, 11) is 0. The Labute approximate surface area is 83.4 Å². The van der Waals surface area contributed by atoms with E-state index in [-0.39, 0.29) is 11.7 Å². The average molecular weight is 190 g/mol. The average Bonchev–Trinajstić information content (AvgIpc) is 2.73. The lowest BCUT2D eigenvalue weighted by atomic mass is 9.90. The molecule has 0 saturated heterocycles. The first-order valence-electron chi connectivity index (χ1n) is 4.67. The van der Waals surface area contributed by atoms with E-state index in [0.29, 0.717) is 0 Å². The van der Waals surface area contributed by atoms with E-state index in [9.17, 15) is 0 Å². The number of hydrogen-bond donors (Lipinski definition) is 0. The Hall–Kier alpha value is -1.45. The molecule has 0 saturated carbocycles. The molecule has 0 fully saturated rings. The molecule has 1 aliphatic heterocycles. The predicted molar refractivity (Wildman–Crippen MR) is 56.9 cm³/mol. The van der Waals surface area contributed by atoms with Crippen molar-refractivity contribution < 1.29 is 0 Å². The van der Waals surface area contributed by atoms with E-state index >= 15 is 0 Å². The Bertz CT molecular complexity index is 369. The van der Waals surface area contributed by atoms with Gasteiger partial charge in [0.15, 0.2) is 0 Å². The topological polar surface area (TPSA) is 42.5 Å². The molecular formula is C10H14N4. The third-order valence-electron chi connectivity index (χ3n) is 2.21. The van der Waals surface area contributed by atoms with Crippen molar-refractivity contribution in [3.05, 3.63) is 18.0 Å². The van der Waals surface area contributed by atoms with Crippen molar-refractivity contribution in [2.75, 3.05) is 0 Å². The molecule has 4 heteroatoms. The van der Waals surface area contributed by atoms with Gasteiger partial charge in [-0.05, 0) is 11.0 Å². The summed E-state index contributed by atoms with van der Waals surface area (Å²) in [6.07, 6.45) is 7.09. The van der Waals surface area contributed by atoms with Crippen LogP contribution in [0.2, 0.25) is 0 Å². The van der Waals surface area contributed by atoms with Gasteiger partial charge in [0.2, 0.25) is 6.29 Å². The molecule has 0 radical (unpaired) electrons. The standard InChI is InChI=1S/C10H14N4/c1-10(2,3)8-6-13-14(7-8)9-11-4-5-12-9/h4-7,9H,1-3H3. The van der Waals surface area contributed by atoms with Crippen LogP contribution in [-0.4, -0.2) is 22.2 Å². The molecule has 14 heavy (non-hydrogen) atoms. The molecule has 2 heterocycles. The molecule has 4 nitrogen and oxygen atoms in total. The van der Waals surface area contributed by atoms with E-state index in [0.717, 1.165) is 0 Å². The second-order valence-corrected chi connectivity index (χ2v) is 4.40. The van der Waals surface area contributed by atoms with Crippen LogP contribution < -0.4 is 0 Å². The number of rotatable bonds is 1. The Morgan fingerprint density at radius 1 is 1.21 bits per heavy atom. The molecule has 0 bridgehead atoms. The van der Waals surface area contributed by atoms with Gasteiger partial charge in [0.05, 0.1) is 6.20 Å². The minimum atomic E-state index is -0.189. The van der Waals surface area contributed by atoms with Gasteiger partial charge in [0.25, 0.3) is 0 Å². The first-order valence-corrected chi connectivity index (χ1v) is 4.67. The van der Waals surface area contributed by atoms with E-state index in [4.69, 9.17) is 0 Å². The second kappa shape index (κ2) is 3.04. The van der Waals surface area contributed by atoms with Crippen LogP contribution in [0.15, 0.2) is 22.4 Å². The van der Waals surface area contributed by atoms with Gasteiger partial charge in [-0.15, -0.1) is 0 Å². The maximum absolute atomic E-state index is 4.25. The molecule has 0 N–H and O–H groups in total. The summed E-state index contributed by atoms with van der Waals surface area (Å²) in [6.45, 7) is 6.49. The van der Waals surface area contributed by atoms with Crippen molar-refractivity contribution in [1.29, 1.82) is 0 Å². The van der Waals surface area contributed by atoms with Crippen LogP contribution in [0, 0.1) is 0 Å². The highest BCUT2D eigenvalue weighted by molar-refractivity contribution is 6.17. The van der Waals surface area contributed by atoms with Gasteiger partial charge in [-0.2, -0.15) is 5.10 Å². The molecule has 74 valence electrons. The fourth-order valence-corrected chi connectivity index (χ4v) is 1.26. The van der Waals surface area contributed by atoms with Crippen LogP contribution in [-0.2, 0) is 5.41 Å². The van der Waals surface area contributed by atoms with Gasteiger partial charge in [-0.3, -0.25) is 0 Å².